The van der Waals surface area contributed by atoms with Crippen molar-refractivity contribution in [2.45, 2.75) is 77.6 Å². The lowest BCUT2D eigenvalue weighted by Crippen LogP contribution is -2.37. The Morgan fingerprint density at radius 2 is 1.89 bits per heavy atom. The van der Waals surface area contributed by atoms with Gasteiger partial charge in [-0.3, -0.25) is 14.1 Å². The first-order chi connectivity index (χ1) is 21.5. The molecule has 1 fully saturated rings. The molecule has 13 nitrogen and oxygen atoms in total. The van der Waals surface area contributed by atoms with Crippen LogP contribution in [0.15, 0.2) is 42.6 Å². The predicted octanol–water partition coefficient (Wildman–Crippen LogP) is 5.19. The quantitative estimate of drug-likeness (QED) is 0.111. The molecule has 0 spiro atoms. The lowest BCUT2D eigenvalue weighted by Gasteiger charge is -2.25. The van der Waals surface area contributed by atoms with E-state index in [-0.39, 0.29) is 47.4 Å². The molecule has 0 radical (unpaired) electrons. The number of nitrogens with one attached hydrogen (secondary N) is 2. The number of hydrogen-bond donors (Lipinski definition) is 3. The van der Waals surface area contributed by atoms with Crippen LogP contribution in [0.5, 0.6) is 5.75 Å². The van der Waals surface area contributed by atoms with Crippen molar-refractivity contribution >= 4 is 48.1 Å². The number of para-hydroxylation sites is 1. The van der Waals surface area contributed by atoms with Gasteiger partial charge in [0.1, 0.15) is 35.5 Å². The maximum atomic E-state index is 15.5. The minimum Gasteiger partial charge on any atom is -0.464 e. The maximum absolute atomic E-state index is 15.5. The number of esters is 1. The number of aliphatic hydroxyl groups excluding tert-OH is 1. The molecule has 1 saturated heterocycles. The fraction of sp³-hybridized carbons (Fsp3) is 0.517. The number of hydrogen-bond acceptors (Lipinski definition) is 10. The van der Waals surface area contributed by atoms with Crippen LogP contribution in [-0.4, -0.2) is 69.2 Å². The van der Waals surface area contributed by atoms with E-state index >= 15 is 4.39 Å². The molecule has 2 unspecified atom stereocenters. The van der Waals surface area contributed by atoms with Gasteiger partial charge in [-0.2, -0.15) is 15.1 Å². The van der Waals surface area contributed by atoms with Crippen molar-refractivity contribution in [3.05, 3.63) is 47.9 Å². The lowest BCUT2D eigenvalue weighted by atomic mass is 10.1. The summed E-state index contributed by atoms with van der Waals surface area (Å²) in [7, 11) is -4.31. The average molecular weight is 670 g/mol. The molecule has 0 bridgehead atoms. The van der Waals surface area contributed by atoms with Crippen LogP contribution >= 0.6 is 19.3 Å². The molecule has 0 saturated carbocycles. The topological polar surface area (TPSA) is 163 Å². The molecular weight excluding hydrogens is 632 g/mol. The Balaban J connectivity index is 1.50. The van der Waals surface area contributed by atoms with E-state index in [1.54, 1.807) is 43.3 Å². The molecule has 1 amide bonds. The van der Waals surface area contributed by atoms with Crippen LogP contribution in [-0.2, 0) is 28.2 Å². The number of benzene rings is 1. The summed E-state index contributed by atoms with van der Waals surface area (Å²) < 4.78 is 53.2. The highest BCUT2D eigenvalue weighted by molar-refractivity contribution is 7.52. The van der Waals surface area contributed by atoms with Crippen LogP contribution in [0.25, 0.3) is 11.0 Å². The number of anilines is 1. The maximum Gasteiger partial charge on any atom is 0.459 e. The Labute approximate surface area is 265 Å². The van der Waals surface area contributed by atoms with E-state index in [9.17, 15) is 19.3 Å². The summed E-state index contributed by atoms with van der Waals surface area (Å²) in [4.78, 5) is 32.9. The van der Waals surface area contributed by atoms with E-state index in [0.29, 0.717) is 5.39 Å². The third kappa shape index (κ3) is 8.57. The SMILES string of the molecule is CCC(=O)Nc1nc(Cl)nc2c1ccn2[C@@H]1O[C@H](COP(=O)(N[C@@H](C)C(=O)OCC(CC)CC)Oc2ccccc2)C(O)[C@H]1F. The van der Waals surface area contributed by atoms with Gasteiger partial charge in [-0.05, 0) is 42.6 Å². The second-order valence-electron chi connectivity index (χ2n) is 10.6. The fourth-order valence-corrected chi connectivity index (χ4v) is 6.28. The first-order valence-electron chi connectivity index (χ1n) is 14.7. The summed E-state index contributed by atoms with van der Waals surface area (Å²) in [5.41, 5.74) is 0.156. The molecular formula is C29H38ClFN5O8P. The number of alkyl halides is 1. The van der Waals surface area contributed by atoms with Gasteiger partial charge in [-0.25, -0.2) is 8.96 Å². The first kappa shape index (κ1) is 34.7. The second-order valence-corrected chi connectivity index (χ2v) is 12.6. The van der Waals surface area contributed by atoms with E-state index in [4.69, 9.17) is 30.1 Å². The van der Waals surface area contributed by atoms with Gasteiger partial charge in [0, 0.05) is 12.6 Å². The average Bonchev–Trinajstić information content (AvgIpc) is 3.56. The van der Waals surface area contributed by atoms with Crippen molar-refractivity contribution in [3.8, 4) is 5.75 Å². The molecule has 16 heteroatoms. The summed E-state index contributed by atoms with van der Waals surface area (Å²) in [6.07, 6.45) is -3.01. The van der Waals surface area contributed by atoms with Crippen LogP contribution in [0.2, 0.25) is 5.28 Å². The number of ether oxygens (including phenoxy) is 2. The molecule has 1 aliphatic heterocycles. The monoisotopic (exact) mass is 669 g/mol. The zero-order chi connectivity index (χ0) is 32.7. The molecule has 3 N–H and O–H groups in total. The zero-order valence-corrected chi connectivity index (χ0v) is 27.0. The van der Waals surface area contributed by atoms with Crippen molar-refractivity contribution in [2.24, 2.45) is 5.92 Å². The number of aliphatic hydroxyl groups is 1. The van der Waals surface area contributed by atoms with E-state index in [2.05, 4.69) is 20.4 Å². The van der Waals surface area contributed by atoms with Crippen molar-refractivity contribution in [1.82, 2.24) is 19.6 Å². The minimum absolute atomic E-state index is 0.141. The van der Waals surface area contributed by atoms with Crippen LogP contribution in [0, 0.1) is 5.92 Å². The summed E-state index contributed by atoms with van der Waals surface area (Å²) >= 11 is 6.08. The number of carbonyl (C=O) groups excluding carboxylic acids is 2. The van der Waals surface area contributed by atoms with Crippen molar-refractivity contribution < 1.29 is 42.2 Å². The Hall–Kier alpha value is -3.13. The first-order valence-corrected chi connectivity index (χ1v) is 16.7. The van der Waals surface area contributed by atoms with Crippen LogP contribution < -0.4 is 14.9 Å². The Bertz CT molecular complexity index is 1510. The standard InChI is InChI=1S/C29H38ClFN5O8P/c1-5-18(6-2)15-41-28(39)17(4)35-45(40,44-19-11-9-8-10-12-19)42-16-21-24(38)23(31)27(43-21)36-14-13-20-25(32-22(37)7-3)33-29(30)34-26(20)36/h8-14,17-18,21,23-24,27,38H,5-7,15-16H2,1-4H3,(H,35,40)(H,32,33,34,37)/t17-,21+,23+,24?,27+,45?/m0/s1. The van der Waals surface area contributed by atoms with E-state index in [1.165, 1.54) is 17.7 Å². The number of nitrogens with zero attached hydrogens (tertiary/aromatic N) is 3. The highest BCUT2D eigenvalue weighted by atomic mass is 35.5. The van der Waals surface area contributed by atoms with Gasteiger partial charge in [0.15, 0.2) is 12.4 Å². The van der Waals surface area contributed by atoms with E-state index in [1.807, 2.05) is 13.8 Å². The molecule has 45 heavy (non-hydrogen) atoms. The number of amides is 1. The molecule has 6 atom stereocenters. The molecule has 2 aromatic heterocycles. The van der Waals surface area contributed by atoms with Gasteiger partial charge in [-0.1, -0.05) is 51.8 Å². The Morgan fingerprint density at radius 1 is 1.18 bits per heavy atom. The highest BCUT2D eigenvalue weighted by Gasteiger charge is 2.47. The van der Waals surface area contributed by atoms with Crippen LogP contribution in [0.1, 0.15) is 53.2 Å². The van der Waals surface area contributed by atoms with Crippen molar-refractivity contribution in [2.75, 3.05) is 18.5 Å². The molecule has 3 aromatic rings. The molecule has 1 aromatic carbocycles. The third-order valence-corrected chi connectivity index (χ3v) is 9.20. The summed E-state index contributed by atoms with van der Waals surface area (Å²) in [5, 5.41) is 16.1. The van der Waals surface area contributed by atoms with Gasteiger partial charge in [-0.15, -0.1) is 0 Å². The summed E-state index contributed by atoms with van der Waals surface area (Å²) in [6, 6.07) is 8.60. The van der Waals surface area contributed by atoms with Gasteiger partial charge < -0.3 is 29.0 Å². The largest absolute Gasteiger partial charge is 0.464 e. The molecule has 3 heterocycles. The molecule has 0 aliphatic carbocycles. The fourth-order valence-electron chi connectivity index (χ4n) is 4.61. The van der Waals surface area contributed by atoms with Gasteiger partial charge in [0.05, 0.1) is 18.6 Å². The Kier molecular flexibility index (Phi) is 11.9. The number of halogens is 2. The third-order valence-electron chi connectivity index (χ3n) is 7.39. The predicted molar refractivity (Wildman–Crippen MR) is 165 cm³/mol. The van der Waals surface area contributed by atoms with Gasteiger partial charge in [0.2, 0.25) is 11.2 Å². The smallest absolute Gasteiger partial charge is 0.459 e. The molecule has 1 aliphatic rings. The Morgan fingerprint density at radius 3 is 2.56 bits per heavy atom. The highest BCUT2D eigenvalue weighted by Crippen LogP contribution is 2.46. The number of fused-ring (bicyclic) bond motifs is 1. The van der Waals surface area contributed by atoms with Gasteiger partial charge >= 0.3 is 13.7 Å². The normalized spacial score (nSPS) is 21.9. The number of carbonyl (C=O) groups is 2. The lowest BCUT2D eigenvalue weighted by molar-refractivity contribution is -0.146. The molecule has 4 rings (SSSR count). The molecule has 246 valence electrons. The van der Waals surface area contributed by atoms with E-state index in [0.717, 1.165) is 12.8 Å². The summed E-state index contributed by atoms with van der Waals surface area (Å²) in [5.74, 6) is -0.452. The van der Waals surface area contributed by atoms with Crippen LogP contribution in [0.4, 0.5) is 10.2 Å². The second kappa shape index (κ2) is 15.4. The van der Waals surface area contributed by atoms with Crippen molar-refractivity contribution in [3.63, 3.8) is 0 Å². The minimum atomic E-state index is -4.31. The zero-order valence-electron chi connectivity index (χ0n) is 25.4. The number of aromatic nitrogens is 3. The van der Waals surface area contributed by atoms with Crippen LogP contribution in [0.3, 0.4) is 0 Å². The van der Waals surface area contributed by atoms with E-state index < -0.39 is 51.0 Å². The number of rotatable bonds is 15. The summed E-state index contributed by atoms with van der Waals surface area (Å²) in [6.45, 7) is 6.76. The van der Waals surface area contributed by atoms with Crippen molar-refractivity contribution in [1.29, 1.82) is 0 Å². The van der Waals surface area contributed by atoms with Gasteiger partial charge in [0.25, 0.3) is 0 Å².